The van der Waals surface area contributed by atoms with Gasteiger partial charge < -0.3 is 4.57 Å². The van der Waals surface area contributed by atoms with Crippen LogP contribution in [0.2, 0.25) is 0 Å². The molecule has 1 heterocycles. The summed E-state index contributed by atoms with van der Waals surface area (Å²) < 4.78 is 2.95. The Bertz CT molecular complexity index is 374. The van der Waals surface area contributed by atoms with Crippen molar-refractivity contribution < 1.29 is 0 Å². The molecule has 0 saturated heterocycles. The van der Waals surface area contributed by atoms with Gasteiger partial charge in [0.25, 0.3) is 0 Å². The lowest BCUT2D eigenvalue weighted by Gasteiger charge is -2.06. The standard InChI is InChI=1S/C9H15N3S/c1-4-7-10-11-8(13)12(7)6-5-9(6,2)3/h6H,4-5H2,1-3H3,(H,11,13). The fourth-order valence-electron chi connectivity index (χ4n) is 1.79. The maximum Gasteiger partial charge on any atom is 0.195 e. The lowest BCUT2D eigenvalue weighted by molar-refractivity contribution is 0.524. The van der Waals surface area contributed by atoms with Crippen molar-refractivity contribution in [3.8, 4) is 0 Å². The first-order valence-corrected chi connectivity index (χ1v) is 5.13. The number of hydrogen-bond acceptors (Lipinski definition) is 2. The van der Waals surface area contributed by atoms with Crippen molar-refractivity contribution in [2.75, 3.05) is 0 Å². The lowest BCUT2D eigenvalue weighted by atomic mass is 10.2. The quantitative estimate of drug-likeness (QED) is 0.739. The molecule has 1 aliphatic carbocycles. The third kappa shape index (κ3) is 1.33. The summed E-state index contributed by atoms with van der Waals surface area (Å²) in [5, 5.41) is 7.07. The van der Waals surface area contributed by atoms with Gasteiger partial charge in [0, 0.05) is 12.5 Å². The molecule has 0 bridgehead atoms. The zero-order valence-corrected chi connectivity index (χ0v) is 9.11. The summed E-state index contributed by atoms with van der Waals surface area (Å²) in [5.74, 6) is 1.08. The number of nitrogens with zero attached hydrogens (tertiary/aromatic N) is 2. The SMILES string of the molecule is CCc1n[nH]c(=S)n1C1CC1(C)C. The summed E-state index contributed by atoms with van der Waals surface area (Å²) in [7, 11) is 0. The Kier molecular flexibility index (Phi) is 1.84. The fourth-order valence-corrected chi connectivity index (χ4v) is 2.07. The Morgan fingerprint density at radius 3 is 2.77 bits per heavy atom. The van der Waals surface area contributed by atoms with Crippen molar-refractivity contribution in [2.24, 2.45) is 5.41 Å². The van der Waals surface area contributed by atoms with Gasteiger partial charge in [-0.3, -0.25) is 5.10 Å². The van der Waals surface area contributed by atoms with Crippen LogP contribution in [0.5, 0.6) is 0 Å². The fraction of sp³-hybridized carbons (Fsp3) is 0.778. The van der Waals surface area contributed by atoms with Crippen LogP contribution in [0.1, 0.15) is 39.1 Å². The zero-order valence-electron chi connectivity index (χ0n) is 8.29. The monoisotopic (exact) mass is 197 g/mol. The number of aryl methyl sites for hydroxylation is 1. The topological polar surface area (TPSA) is 33.6 Å². The smallest absolute Gasteiger partial charge is 0.195 e. The van der Waals surface area contributed by atoms with E-state index >= 15 is 0 Å². The molecule has 3 nitrogen and oxygen atoms in total. The van der Waals surface area contributed by atoms with Gasteiger partial charge >= 0.3 is 0 Å². The Hall–Kier alpha value is -0.640. The van der Waals surface area contributed by atoms with Gasteiger partial charge in [-0.2, -0.15) is 5.10 Å². The first-order chi connectivity index (χ1) is 6.06. The summed E-state index contributed by atoms with van der Waals surface area (Å²) >= 11 is 5.20. The largest absolute Gasteiger partial charge is 0.300 e. The molecule has 1 aromatic heterocycles. The van der Waals surface area contributed by atoms with Gasteiger partial charge in [-0.05, 0) is 24.1 Å². The molecule has 1 atom stereocenters. The maximum absolute atomic E-state index is 5.20. The van der Waals surface area contributed by atoms with E-state index in [1.165, 1.54) is 6.42 Å². The summed E-state index contributed by atoms with van der Waals surface area (Å²) in [6.07, 6.45) is 2.16. The highest BCUT2D eigenvalue weighted by Crippen LogP contribution is 2.55. The van der Waals surface area contributed by atoms with E-state index in [4.69, 9.17) is 12.2 Å². The van der Waals surface area contributed by atoms with Crippen molar-refractivity contribution in [3.63, 3.8) is 0 Å². The molecule has 13 heavy (non-hydrogen) atoms. The molecule has 0 aliphatic heterocycles. The second kappa shape index (κ2) is 2.67. The van der Waals surface area contributed by atoms with Crippen LogP contribution in [0, 0.1) is 10.2 Å². The molecular formula is C9H15N3S. The van der Waals surface area contributed by atoms with E-state index in [-0.39, 0.29) is 0 Å². The average Bonchev–Trinajstić information content (AvgIpc) is 2.54. The van der Waals surface area contributed by atoms with Crippen molar-refractivity contribution in [1.82, 2.24) is 14.8 Å². The van der Waals surface area contributed by atoms with Crippen molar-refractivity contribution >= 4 is 12.2 Å². The van der Waals surface area contributed by atoms with Gasteiger partial charge in [-0.15, -0.1) is 0 Å². The highest BCUT2D eigenvalue weighted by molar-refractivity contribution is 7.71. The van der Waals surface area contributed by atoms with Gasteiger partial charge in [-0.25, -0.2) is 0 Å². The Morgan fingerprint density at radius 1 is 1.69 bits per heavy atom. The summed E-state index contributed by atoms with van der Waals surface area (Å²) in [6, 6.07) is 0.564. The lowest BCUT2D eigenvalue weighted by Crippen LogP contribution is -2.04. The highest BCUT2D eigenvalue weighted by atomic mass is 32.1. The minimum absolute atomic E-state index is 0.409. The minimum atomic E-state index is 0.409. The highest BCUT2D eigenvalue weighted by Gasteiger charge is 2.48. The molecule has 2 rings (SSSR count). The molecule has 1 N–H and O–H groups in total. The normalized spacial score (nSPS) is 24.7. The number of nitrogens with one attached hydrogen (secondary N) is 1. The van der Waals surface area contributed by atoms with Crippen LogP contribution in [-0.2, 0) is 6.42 Å². The van der Waals surface area contributed by atoms with Crippen LogP contribution in [0.3, 0.4) is 0 Å². The van der Waals surface area contributed by atoms with Crippen molar-refractivity contribution in [2.45, 2.75) is 39.7 Å². The Balaban J connectivity index is 2.40. The Morgan fingerprint density at radius 2 is 2.31 bits per heavy atom. The molecule has 1 saturated carbocycles. The van der Waals surface area contributed by atoms with E-state index in [1.807, 2.05) is 0 Å². The van der Waals surface area contributed by atoms with Gasteiger partial charge in [0.1, 0.15) is 5.82 Å². The molecule has 4 heteroatoms. The number of aromatic nitrogens is 3. The summed E-state index contributed by atoms with van der Waals surface area (Å²) in [5.41, 5.74) is 0.409. The van der Waals surface area contributed by atoms with E-state index in [0.29, 0.717) is 11.5 Å². The van der Waals surface area contributed by atoms with E-state index in [2.05, 4.69) is 35.5 Å². The van der Waals surface area contributed by atoms with E-state index < -0.39 is 0 Å². The maximum atomic E-state index is 5.20. The van der Waals surface area contributed by atoms with Crippen LogP contribution < -0.4 is 0 Å². The van der Waals surface area contributed by atoms with Crippen LogP contribution in [0.4, 0.5) is 0 Å². The molecule has 1 fully saturated rings. The number of rotatable bonds is 2. The third-order valence-corrected chi connectivity index (χ3v) is 3.15. The number of H-pyrrole nitrogens is 1. The van der Waals surface area contributed by atoms with Crippen LogP contribution >= 0.6 is 12.2 Å². The van der Waals surface area contributed by atoms with Crippen LogP contribution in [-0.4, -0.2) is 14.8 Å². The minimum Gasteiger partial charge on any atom is -0.300 e. The molecule has 0 radical (unpaired) electrons. The second-order valence-electron chi connectivity index (χ2n) is 4.38. The predicted molar refractivity (Wildman–Crippen MR) is 54.2 cm³/mol. The van der Waals surface area contributed by atoms with Crippen LogP contribution in [0.25, 0.3) is 0 Å². The Labute approximate surface area is 83.2 Å². The first-order valence-electron chi connectivity index (χ1n) is 4.72. The molecule has 1 aliphatic rings. The van der Waals surface area contributed by atoms with E-state index in [9.17, 15) is 0 Å². The molecule has 72 valence electrons. The zero-order chi connectivity index (χ0) is 9.64. The number of hydrogen-bond donors (Lipinski definition) is 1. The van der Waals surface area contributed by atoms with Gasteiger partial charge in [0.15, 0.2) is 4.77 Å². The average molecular weight is 197 g/mol. The summed E-state index contributed by atoms with van der Waals surface area (Å²) in [4.78, 5) is 0. The predicted octanol–water partition coefficient (Wildman–Crippen LogP) is 2.47. The number of aromatic amines is 1. The molecule has 0 amide bonds. The summed E-state index contributed by atoms with van der Waals surface area (Å²) in [6.45, 7) is 6.65. The molecular weight excluding hydrogens is 182 g/mol. The van der Waals surface area contributed by atoms with Crippen molar-refractivity contribution in [3.05, 3.63) is 10.6 Å². The molecule has 1 unspecified atom stereocenters. The van der Waals surface area contributed by atoms with E-state index in [1.54, 1.807) is 0 Å². The van der Waals surface area contributed by atoms with Gasteiger partial charge in [0.05, 0.1) is 0 Å². The van der Waals surface area contributed by atoms with Gasteiger partial charge in [0.2, 0.25) is 0 Å². The molecule has 0 spiro atoms. The van der Waals surface area contributed by atoms with E-state index in [0.717, 1.165) is 17.0 Å². The first kappa shape index (κ1) is 8.94. The second-order valence-corrected chi connectivity index (χ2v) is 4.76. The van der Waals surface area contributed by atoms with Crippen LogP contribution in [0.15, 0.2) is 0 Å². The molecule has 1 aromatic rings. The van der Waals surface area contributed by atoms with Crippen molar-refractivity contribution in [1.29, 1.82) is 0 Å². The third-order valence-electron chi connectivity index (χ3n) is 2.87. The van der Waals surface area contributed by atoms with Gasteiger partial charge in [-0.1, -0.05) is 20.8 Å². The molecule has 0 aromatic carbocycles.